The Morgan fingerprint density at radius 1 is 0.938 bits per heavy atom. The van der Waals surface area contributed by atoms with Crippen LogP contribution in [-0.4, -0.2) is 34.7 Å². The first-order valence-corrected chi connectivity index (χ1v) is 10.4. The molecule has 6 aromatic rings. The molecule has 156 valence electrons. The second-order valence-electron chi connectivity index (χ2n) is 7.48. The molecule has 0 unspecified atom stereocenters. The summed E-state index contributed by atoms with van der Waals surface area (Å²) in [4.78, 5) is 16.7. The van der Waals surface area contributed by atoms with Crippen molar-refractivity contribution in [1.29, 1.82) is 0 Å². The number of H-pyrrole nitrogens is 2. The fourth-order valence-electron chi connectivity index (χ4n) is 3.76. The highest BCUT2D eigenvalue weighted by Crippen LogP contribution is 2.25. The number of anilines is 2. The van der Waals surface area contributed by atoms with Gasteiger partial charge in [0.05, 0.1) is 18.3 Å². The maximum atomic E-state index is 6.10. The third-order valence-electron chi connectivity index (χ3n) is 5.31. The van der Waals surface area contributed by atoms with Crippen molar-refractivity contribution in [2.45, 2.75) is 6.54 Å². The Hall–Kier alpha value is -4.17. The van der Waals surface area contributed by atoms with Crippen LogP contribution >= 0.6 is 11.6 Å². The Bertz CT molecular complexity index is 1560. The molecule has 4 heterocycles. The number of fused-ring (bicyclic) bond motifs is 2. The Labute approximate surface area is 187 Å². The highest BCUT2D eigenvalue weighted by atomic mass is 35.5. The van der Waals surface area contributed by atoms with E-state index in [0.717, 1.165) is 44.6 Å². The molecular weight excluding hydrogens is 424 g/mol. The summed E-state index contributed by atoms with van der Waals surface area (Å²) in [6.45, 7) is 0.625. The van der Waals surface area contributed by atoms with E-state index >= 15 is 0 Å². The van der Waals surface area contributed by atoms with E-state index in [2.05, 4.69) is 48.7 Å². The van der Waals surface area contributed by atoms with E-state index in [-0.39, 0.29) is 0 Å². The van der Waals surface area contributed by atoms with Crippen molar-refractivity contribution in [1.82, 2.24) is 34.7 Å². The molecule has 6 rings (SSSR count). The van der Waals surface area contributed by atoms with Gasteiger partial charge in [0.1, 0.15) is 5.82 Å². The van der Waals surface area contributed by atoms with Crippen LogP contribution < -0.4 is 5.32 Å². The molecule has 0 saturated heterocycles. The third kappa shape index (κ3) is 3.46. The topological polar surface area (TPSA) is 100 Å². The number of aromatic nitrogens is 7. The molecule has 32 heavy (non-hydrogen) atoms. The molecule has 0 radical (unpaired) electrons. The molecule has 3 N–H and O–H groups in total. The number of hydrogen-bond acceptors (Lipinski definition) is 5. The second kappa shape index (κ2) is 7.51. The lowest BCUT2D eigenvalue weighted by Crippen LogP contribution is -1.98. The summed E-state index contributed by atoms with van der Waals surface area (Å²) in [6.07, 6.45) is 7.10. The molecule has 0 aliphatic heterocycles. The predicted octanol–water partition coefficient (Wildman–Crippen LogP) is 5.14. The number of rotatable bonds is 5. The lowest BCUT2D eigenvalue weighted by molar-refractivity contribution is 0.782. The van der Waals surface area contributed by atoms with Gasteiger partial charge in [0, 0.05) is 46.4 Å². The summed E-state index contributed by atoms with van der Waals surface area (Å²) < 4.78 is 1.88. The van der Waals surface area contributed by atoms with E-state index in [1.54, 1.807) is 18.6 Å². The maximum absolute atomic E-state index is 6.10. The molecule has 0 fully saturated rings. The molecule has 0 aliphatic rings. The lowest BCUT2D eigenvalue weighted by atomic mass is 10.1. The minimum Gasteiger partial charge on any atom is -0.357 e. The van der Waals surface area contributed by atoms with Gasteiger partial charge in [-0.1, -0.05) is 12.1 Å². The number of halogens is 1. The Balaban J connectivity index is 1.28. The summed E-state index contributed by atoms with van der Waals surface area (Å²) in [7, 11) is 0. The van der Waals surface area contributed by atoms with Crippen LogP contribution in [0.2, 0.25) is 5.28 Å². The van der Waals surface area contributed by atoms with Crippen molar-refractivity contribution >= 4 is 44.9 Å². The minimum absolute atomic E-state index is 0.467. The lowest BCUT2D eigenvalue weighted by Gasteiger charge is -2.07. The van der Waals surface area contributed by atoms with Crippen LogP contribution in [0.15, 0.2) is 73.3 Å². The number of nitrogens with one attached hydrogen (secondary N) is 3. The molecule has 4 aromatic heterocycles. The summed E-state index contributed by atoms with van der Waals surface area (Å²) in [6, 6.07) is 16.1. The first kappa shape index (κ1) is 18.6. The van der Waals surface area contributed by atoms with Gasteiger partial charge in [0.2, 0.25) is 5.28 Å². The van der Waals surface area contributed by atoms with Gasteiger partial charge in [-0.3, -0.25) is 5.10 Å². The van der Waals surface area contributed by atoms with Crippen molar-refractivity contribution in [2.75, 3.05) is 5.32 Å². The molecule has 0 aliphatic carbocycles. The van der Waals surface area contributed by atoms with E-state index in [9.17, 15) is 0 Å². The second-order valence-corrected chi connectivity index (χ2v) is 7.82. The number of nitrogens with zero attached hydrogens (tertiary/aromatic N) is 5. The van der Waals surface area contributed by atoms with E-state index < -0.39 is 0 Å². The monoisotopic (exact) mass is 440 g/mol. The molecular formula is C23H17ClN8. The standard InChI is InChI=1S/C23H17ClN8/c24-23-26-7-8-32(23)13-18-9-14-1-2-15(11-20(14)28-18)22-25-6-5-21(30-22)29-17-3-4-19-16(10-17)12-27-31-19/h1-12,28H,13H2,(H,27,31)(H,25,29,30). The minimum atomic E-state index is 0.467. The van der Waals surface area contributed by atoms with E-state index in [1.807, 2.05) is 41.1 Å². The van der Waals surface area contributed by atoms with E-state index in [4.69, 9.17) is 16.6 Å². The normalized spacial score (nSPS) is 11.4. The van der Waals surface area contributed by atoms with Gasteiger partial charge in [-0.15, -0.1) is 0 Å². The largest absolute Gasteiger partial charge is 0.357 e. The third-order valence-corrected chi connectivity index (χ3v) is 5.62. The zero-order valence-corrected chi connectivity index (χ0v) is 17.5. The Kier molecular flexibility index (Phi) is 4.36. The van der Waals surface area contributed by atoms with Crippen molar-refractivity contribution < 1.29 is 0 Å². The zero-order valence-electron chi connectivity index (χ0n) is 16.7. The Morgan fingerprint density at radius 2 is 1.91 bits per heavy atom. The number of hydrogen-bond donors (Lipinski definition) is 3. The highest BCUT2D eigenvalue weighted by Gasteiger charge is 2.09. The van der Waals surface area contributed by atoms with Crippen molar-refractivity contribution in [3.8, 4) is 11.4 Å². The maximum Gasteiger partial charge on any atom is 0.203 e. The molecule has 2 aromatic carbocycles. The van der Waals surface area contributed by atoms with E-state index in [1.165, 1.54) is 0 Å². The zero-order chi connectivity index (χ0) is 21.5. The quantitative estimate of drug-likeness (QED) is 0.344. The van der Waals surface area contributed by atoms with Crippen molar-refractivity contribution in [2.24, 2.45) is 0 Å². The predicted molar refractivity (Wildman–Crippen MR) is 125 cm³/mol. The summed E-state index contributed by atoms with van der Waals surface area (Å²) >= 11 is 6.10. The Morgan fingerprint density at radius 3 is 2.81 bits per heavy atom. The van der Waals surface area contributed by atoms with Crippen LogP contribution in [0.25, 0.3) is 33.2 Å². The van der Waals surface area contributed by atoms with Crippen LogP contribution in [0.3, 0.4) is 0 Å². The van der Waals surface area contributed by atoms with Crippen LogP contribution in [0, 0.1) is 0 Å². The van der Waals surface area contributed by atoms with Crippen molar-refractivity contribution in [3.05, 3.63) is 84.3 Å². The van der Waals surface area contributed by atoms with Gasteiger partial charge in [-0.2, -0.15) is 5.10 Å². The van der Waals surface area contributed by atoms with Crippen LogP contribution in [0.5, 0.6) is 0 Å². The molecule has 0 atom stereocenters. The van der Waals surface area contributed by atoms with Crippen LogP contribution in [-0.2, 0) is 6.54 Å². The first-order valence-electron chi connectivity index (χ1n) is 10.0. The SMILES string of the molecule is Clc1nccn1Cc1cc2ccc(-c3nccc(Nc4ccc5[nH]ncc5c4)n3)cc2[nH]1. The summed E-state index contributed by atoms with van der Waals surface area (Å²) in [5.41, 5.74) is 4.92. The van der Waals surface area contributed by atoms with Crippen LogP contribution in [0.4, 0.5) is 11.5 Å². The molecule has 0 amide bonds. The van der Waals surface area contributed by atoms with Gasteiger partial charge in [-0.05, 0) is 53.4 Å². The number of imidazole rings is 1. The van der Waals surface area contributed by atoms with Gasteiger partial charge < -0.3 is 14.9 Å². The molecule has 0 saturated carbocycles. The van der Waals surface area contributed by atoms with Crippen molar-refractivity contribution in [3.63, 3.8) is 0 Å². The van der Waals surface area contributed by atoms with Crippen LogP contribution in [0.1, 0.15) is 5.69 Å². The van der Waals surface area contributed by atoms with Gasteiger partial charge in [0.25, 0.3) is 0 Å². The fourth-order valence-corrected chi connectivity index (χ4v) is 3.93. The van der Waals surface area contributed by atoms with Gasteiger partial charge in [-0.25, -0.2) is 15.0 Å². The van der Waals surface area contributed by atoms with E-state index in [0.29, 0.717) is 17.7 Å². The summed E-state index contributed by atoms with van der Waals surface area (Å²) in [5.74, 6) is 1.37. The summed E-state index contributed by atoms with van der Waals surface area (Å²) in [5, 5.41) is 13.0. The molecule has 0 bridgehead atoms. The fraction of sp³-hybridized carbons (Fsp3) is 0.0435. The molecule has 9 heteroatoms. The first-order chi connectivity index (χ1) is 15.7. The van der Waals surface area contributed by atoms with Gasteiger partial charge >= 0.3 is 0 Å². The molecule has 0 spiro atoms. The number of aromatic amines is 2. The smallest absolute Gasteiger partial charge is 0.203 e. The van der Waals surface area contributed by atoms with Gasteiger partial charge in [0.15, 0.2) is 5.82 Å². The average molecular weight is 441 g/mol. The highest BCUT2D eigenvalue weighted by molar-refractivity contribution is 6.28. The average Bonchev–Trinajstić information content (AvgIpc) is 3.53. The molecule has 8 nitrogen and oxygen atoms in total. The number of benzene rings is 2.